The Balaban J connectivity index is 1.77. The lowest BCUT2D eigenvalue weighted by Crippen LogP contribution is -2.31. The van der Waals surface area contributed by atoms with Gasteiger partial charge in [-0.1, -0.05) is 62.0 Å². The molecule has 5 nitrogen and oxygen atoms in total. The van der Waals surface area contributed by atoms with Crippen LogP contribution in [0.5, 0.6) is 0 Å². The Morgan fingerprint density at radius 3 is 2.48 bits per heavy atom. The molecule has 1 heterocycles. The molecule has 3 rings (SSSR count). The lowest BCUT2D eigenvalue weighted by Gasteiger charge is -2.25. The van der Waals surface area contributed by atoms with Gasteiger partial charge in [-0.3, -0.25) is 9.59 Å². The van der Waals surface area contributed by atoms with Crippen molar-refractivity contribution < 1.29 is 22.8 Å². The van der Waals surface area contributed by atoms with Gasteiger partial charge in [-0.15, -0.1) is 0 Å². The average molecular weight is 474 g/mol. The molecule has 1 aliphatic heterocycles. The summed E-state index contributed by atoms with van der Waals surface area (Å²) in [5, 5.41) is 14.9. The number of hydrogen-bond acceptors (Lipinski definition) is 4. The zero-order valence-corrected chi connectivity index (χ0v) is 18.8. The number of alkyl halides is 3. The van der Waals surface area contributed by atoms with Gasteiger partial charge in [0.2, 0.25) is 11.8 Å². The molecule has 172 valence electrons. The number of rotatable bonds is 6. The molecule has 0 aromatic heterocycles. The zero-order chi connectivity index (χ0) is 24.2. The molecule has 1 aliphatic rings. The van der Waals surface area contributed by atoms with Gasteiger partial charge in [0.05, 0.1) is 33.7 Å². The Morgan fingerprint density at radius 1 is 1.21 bits per heavy atom. The predicted octanol–water partition coefficient (Wildman–Crippen LogP) is 5.54. The first-order valence-corrected chi connectivity index (χ1v) is 11.2. The maximum absolute atomic E-state index is 13.1. The maximum Gasteiger partial charge on any atom is 0.418 e. The molecule has 2 aromatic carbocycles. The molecule has 0 spiro atoms. The number of allylic oxidation sites excluding steroid dienone is 1. The van der Waals surface area contributed by atoms with E-state index in [0.29, 0.717) is 11.5 Å². The minimum Gasteiger partial charge on any atom is -0.325 e. The molecule has 9 heteroatoms. The highest BCUT2D eigenvalue weighted by Gasteiger charge is 2.34. The average Bonchev–Trinajstić information content (AvgIpc) is 2.77. The Bertz CT molecular complexity index is 1120. The summed E-state index contributed by atoms with van der Waals surface area (Å²) < 4.78 is 39.4. The van der Waals surface area contributed by atoms with Crippen molar-refractivity contribution in [1.82, 2.24) is 5.32 Å². The highest BCUT2D eigenvalue weighted by Crippen LogP contribution is 2.37. The molecule has 2 aromatic rings. The van der Waals surface area contributed by atoms with Crippen LogP contribution in [0.15, 0.2) is 59.1 Å². The third-order valence-electron chi connectivity index (χ3n) is 5.22. The largest absolute Gasteiger partial charge is 0.418 e. The highest BCUT2D eigenvalue weighted by molar-refractivity contribution is 8.03. The Labute approximate surface area is 194 Å². The predicted molar refractivity (Wildman–Crippen MR) is 121 cm³/mol. The number of benzene rings is 2. The van der Waals surface area contributed by atoms with Gasteiger partial charge in [-0.25, -0.2) is 0 Å². The summed E-state index contributed by atoms with van der Waals surface area (Å²) in [7, 11) is 0. The van der Waals surface area contributed by atoms with Crippen molar-refractivity contribution in [1.29, 1.82) is 5.26 Å². The number of carbonyl (C=O) groups excluding carboxylic acids is 2. The van der Waals surface area contributed by atoms with Gasteiger partial charge < -0.3 is 10.6 Å². The number of thioether (sulfide) groups is 1. The van der Waals surface area contributed by atoms with Crippen LogP contribution in [0.3, 0.4) is 0 Å². The molecular formula is C24H22F3N3O2S. The molecule has 0 radical (unpaired) electrons. The standard InChI is InChI=1S/C24H22F3N3O2S/c1-14(2)15-7-9-16(10-8-15)17-11-21(31)30-23(18(17)12-28)33-13-22(32)29-20-6-4-3-5-19(20)24(25,26)27/h3-10,14,17H,11,13H2,1-2H3,(H,29,32)(H,30,31)/t17-/m1/s1. The summed E-state index contributed by atoms with van der Waals surface area (Å²) >= 11 is 0.913. The molecule has 2 N–H and O–H groups in total. The SMILES string of the molecule is CC(C)c1ccc([C@H]2CC(=O)NC(SCC(=O)Nc3ccccc3C(F)(F)F)=C2C#N)cc1. The second-order valence-electron chi connectivity index (χ2n) is 7.86. The topological polar surface area (TPSA) is 82.0 Å². The van der Waals surface area contributed by atoms with Crippen LogP contribution < -0.4 is 10.6 Å². The molecular weight excluding hydrogens is 451 g/mol. The van der Waals surface area contributed by atoms with Gasteiger partial charge >= 0.3 is 6.18 Å². The van der Waals surface area contributed by atoms with Gasteiger partial charge in [0.25, 0.3) is 0 Å². The van der Waals surface area contributed by atoms with Crippen LogP contribution in [0, 0.1) is 11.3 Å². The van der Waals surface area contributed by atoms with E-state index in [0.717, 1.165) is 29.0 Å². The van der Waals surface area contributed by atoms with Gasteiger partial charge in [-0.2, -0.15) is 18.4 Å². The van der Waals surface area contributed by atoms with E-state index in [1.807, 2.05) is 24.3 Å². The van der Waals surface area contributed by atoms with Crippen LogP contribution in [-0.4, -0.2) is 17.6 Å². The van der Waals surface area contributed by atoms with E-state index < -0.39 is 23.6 Å². The molecule has 33 heavy (non-hydrogen) atoms. The Morgan fingerprint density at radius 2 is 1.88 bits per heavy atom. The van der Waals surface area contributed by atoms with Crippen LogP contribution in [-0.2, 0) is 15.8 Å². The lowest BCUT2D eigenvalue weighted by atomic mass is 9.86. The van der Waals surface area contributed by atoms with Crippen molar-refractivity contribution in [2.75, 3.05) is 11.1 Å². The van der Waals surface area contributed by atoms with E-state index in [2.05, 4.69) is 30.6 Å². The second kappa shape index (κ2) is 10.1. The number of amides is 2. The first-order chi connectivity index (χ1) is 15.6. The molecule has 0 fully saturated rings. The summed E-state index contributed by atoms with van der Waals surface area (Å²) in [4.78, 5) is 24.6. The van der Waals surface area contributed by atoms with E-state index in [4.69, 9.17) is 0 Å². The fraction of sp³-hybridized carbons (Fsp3) is 0.292. The van der Waals surface area contributed by atoms with Crippen molar-refractivity contribution in [3.05, 3.63) is 75.8 Å². The molecule has 2 amide bonds. The molecule has 0 saturated carbocycles. The number of nitriles is 1. The van der Waals surface area contributed by atoms with Crippen molar-refractivity contribution >= 4 is 29.3 Å². The number of para-hydroxylation sites is 1. The van der Waals surface area contributed by atoms with Gasteiger partial charge in [0.15, 0.2) is 0 Å². The number of hydrogen-bond donors (Lipinski definition) is 2. The number of nitrogens with one attached hydrogen (secondary N) is 2. The summed E-state index contributed by atoms with van der Waals surface area (Å²) in [6.45, 7) is 4.13. The highest BCUT2D eigenvalue weighted by atomic mass is 32.2. The van der Waals surface area contributed by atoms with Crippen molar-refractivity contribution in [2.24, 2.45) is 0 Å². The summed E-state index contributed by atoms with van der Waals surface area (Å²) in [6, 6.07) is 14.5. The van der Waals surface area contributed by atoms with Gasteiger partial charge in [-0.05, 0) is 29.2 Å². The molecule has 0 unspecified atom stereocenters. The normalized spacial score (nSPS) is 16.4. The fourth-order valence-electron chi connectivity index (χ4n) is 3.49. The maximum atomic E-state index is 13.1. The Hall–Kier alpha value is -3.25. The van der Waals surface area contributed by atoms with Crippen LogP contribution in [0.2, 0.25) is 0 Å². The number of nitrogens with zero attached hydrogens (tertiary/aromatic N) is 1. The lowest BCUT2D eigenvalue weighted by molar-refractivity contribution is -0.137. The third kappa shape index (κ3) is 5.96. The van der Waals surface area contributed by atoms with E-state index in [9.17, 15) is 28.0 Å². The van der Waals surface area contributed by atoms with Crippen molar-refractivity contribution in [2.45, 2.75) is 38.3 Å². The minimum atomic E-state index is -4.61. The summed E-state index contributed by atoms with van der Waals surface area (Å²) in [6.07, 6.45) is -4.51. The number of halogens is 3. The first-order valence-electron chi connectivity index (χ1n) is 10.2. The van der Waals surface area contributed by atoms with Crippen LogP contribution in [0.4, 0.5) is 18.9 Å². The zero-order valence-electron chi connectivity index (χ0n) is 18.0. The summed E-state index contributed by atoms with van der Waals surface area (Å²) in [5.41, 5.74) is 0.969. The van der Waals surface area contributed by atoms with Gasteiger partial charge in [0.1, 0.15) is 0 Å². The van der Waals surface area contributed by atoms with Crippen LogP contribution in [0.1, 0.15) is 48.8 Å². The molecule has 0 bridgehead atoms. The van der Waals surface area contributed by atoms with E-state index in [1.54, 1.807) is 0 Å². The molecule has 0 saturated heterocycles. The number of carbonyl (C=O) groups is 2. The van der Waals surface area contributed by atoms with E-state index in [1.165, 1.54) is 18.2 Å². The second-order valence-corrected chi connectivity index (χ2v) is 8.85. The minimum absolute atomic E-state index is 0.0964. The van der Waals surface area contributed by atoms with Crippen molar-refractivity contribution in [3.63, 3.8) is 0 Å². The first kappa shape index (κ1) is 24.4. The van der Waals surface area contributed by atoms with Crippen LogP contribution in [0.25, 0.3) is 0 Å². The monoisotopic (exact) mass is 473 g/mol. The van der Waals surface area contributed by atoms with Crippen molar-refractivity contribution in [3.8, 4) is 6.07 Å². The fourth-order valence-corrected chi connectivity index (χ4v) is 4.37. The molecule has 1 atom stereocenters. The smallest absolute Gasteiger partial charge is 0.325 e. The van der Waals surface area contributed by atoms with Gasteiger partial charge in [0, 0.05) is 12.3 Å². The van der Waals surface area contributed by atoms with E-state index >= 15 is 0 Å². The third-order valence-corrected chi connectivity index (χ3v) is 6.23. The number of anilines is 1. The van der Waals surface area contributed by atoms with Crippen LogP contribution >= 0.6 is 11.8 Å². The van der Waals surface area contributed by atoms with E-state index in [-0.39, 0.29) is 28.8 Å². The quantitative estimate of drug-likeness (QED) is 0.577. The summed E-state index contributed by atoms with van der Waals surface area (Å²) in [5.74, 6) is -1.36. The molecule has 0 aliphatic carbocycles. The Kier molecular flexibility index (Phi) is 7.49.